The quantitative estimate of drug-likeness (QED) is 0.162. The summed E-state index contributed by atoms with van der Waals surface area (Å²) in [7, 11) is 0. The van der Waals surface area contributed by atoms with Crippen molar-refractivity contribution in [1.82, 2.24) is 0 Å². The molecule has 2 aliphatic carbocycles. The Bertz CT molecular complexity index is 2820. The van der Waals surface area contributed by atoms with Gasteiger partial charge in [0.25, 0.3) is 6.71 Å². The third-order valence-corrected chi connectivity index (χ3v) is 15.7. The van der Waals surface area contributed by atoms with E-state index in [1.54, 1.807) is 0 Å². The number of anilines is 6. The maximum atomic E-state index is 7.43. The molecule has 6 aromatic rings. The average Bonchev–Trinajstić information content (AvgIpc) is 3.56. The molecule has 0 amide bonds. The summed E-state index contributed by atoms with van der Waals surface area (Å²) in [4.78, 5) is 5.19. The highest BCUT2D eigenvalue weighted by Crippen LogP contribution is 2.53. The maximum Gasteiger partial charge on any atom is 0.297 e. The maximum absolute atomic E-state index is 7.43. The van der Waals surface area contributed by atoms with Crippen molar-refractivity contribution in [3.63, 3.8) is 0 Å². The molecule has 0 fully saturated rings. The molecular weight excluding hydrogens is 739 g/mol. The van der Waals surface area contributed by atoms with Crippen molar-refractivity contribution in [2.45, 2.75) is 162 Å². The second kappa shape index (κ2) is 12.7. The Labute approximate surface area is 367 Å². The van der Waals surface area contributed by atoms with E-state index in [-0.39, 0.29) is 39.2 Å². The third-order valence-electron chi connectivity index (χ3n) is 15.7. The summed E-state index contributed by atoms with van der Waals surface area (Å²) in [5.41, 5.74) is 22.2. The molecule has 0 atom stereocenters. The van der Waals surface area contributed by atoms with Crippen molar-refractivity contribution >= 4 is 68.4 Å². The number of fused-ring (bicyclic) bond motifs is 8. The van der Waals surface area contributed by atoms with E-state index in [2.05, 4.69) is 199 Å². The van der Waals surface area contributed by atoms with Crippen molar-refractivity contribution in [1.29, 1.82) is 0 Å². The van der Waals surface area contributed by atoms with Crippen LogP contribution >= 0.6 is 0 Å². The lowest BCUT2D eigenvalue weighted by Crippen LogP contribution is -2.61. The van der Waals surface area contributed by atoms with Crippen LogP contribution in [-0.2, 0) is 32.5 Å². The Morgan fingerprint density at radius 1 is 0.508 bits per heavy atom. The summed E-state index contributed by atoms with van der Waals surface area (Å²) in [5, 5.41) is 1.17. The summed E-state index contributed by atoms with van der Waals surface area (Å²) >= 11 is 0. The number of hydrogen-bond donors (Lipinski definition) is 0. The molecule has 0 saturated heterocycles. The fraction of sp³-hybridized carbons (Fsp3) is 0.439. The van der Waals surface area contributed by atoms with Gasteiger partial charge in [0.15, 0.2) is 0 Å². The Morgan fingerprint density at radius 2 is 0.984 bits per heavy atom. The predicted molar refractivity (Wildman–Crippen MR) is 263 cm³/mol. The molecule has 0 saturated carbocycles. The van der Waals surface area contributed by atoms with Gasteiger partial charge in [-0.05, 0) is 170 Å². The van der Waals surface area contributed by atoms with Gasteiger partial charge in [-0.15, -0.1) is 0 Å². The molecule has 1 aromatic heterocycles. The molecule has 5 aromatic carbocycles. The minimum atomic E-state index is -0.0862. The largest absolute Gasteiger partial charge is 0.468 e. The molecule has 2 aliphatic heterocycles. The molecular formula is C57H67BN2O. The first kappa shape index (κ1) is 40.4. The fourth-order valence-corrected chi connectivity index (χ4v) is 11.5. The van der Waals surface area contributed by atoms with E-state index in [0.717, 1.165) is 11.2 Å². The van der Waals surface area contributed by atoms with Crippen molar-refractivity contribution in [2.75, 3.05) is 9.80 Å². The van der Waals surface area contributed by atoms with Gasteiger partial charge in [-0.2, -0.15) is 0 Å². The van der Waals surface area contributed by atoms with Crippen molar-refractivity contribution in [3.05, 3.63) is 124 Å². The third kappa shape index (κ3) is 6.04. The zero-order valence-electron chi connectivity index (χ0n) is 39.8. The molecule has 0 spiro atoms. The van der Waals surface area contributed by atoms with Gasteiger partial charge in [-0.3, -0.25) is 0 Å². The molecule has 0 unspecified atom stereocenters. The molecule has 10 rings (SSSR count). The van der Waals surface area contributed by atoms with E-state index < -0.39 is 0 Å². The first-order valence-corrected chi connectivity index (χ1v) is 23.1. The second-order valence-corrected chi connectivity index (χ2v) is 24.1. The van der Waals surface area contributed by atoms with Crippen LogP contribution in [0.3, 0.4) is 0 Å². The highest BCUT2D eigenvalue weighted by Gasteiger charge is 2.48. The molecule has 3 heterocycles. The second-order valence-electron chi connectivity index (χ2n) is 24.1. The standard InChI is InChI=1S/C57H67BN2O/c1-34-28-46-49-47(29-34)60(38-19-22-41-43(33-38)57(14,15)27-25-55(41,10)11)50-39-20-16-36(53(5,6)7)31-48(39)61-51(50)58(49)44-30-35(52(2,3)4)17-23-45(44)59(46)37-18-21-40-42(32-37)56(12,13)26-24-54(40,8)9/h16-23,28-33H,24-27H2,1-15H3. The molecule has 0 bridgehead atoms. The molecule has 61 heavy (non-hydrogen) atoms. The number of furan rings is 1. The summed E-state index contributed by atoms with van der Waals surface area (Å²) in [6.07, 6.45) is 4.74. The van der Waals surface area contributed by atoms with Gasteiger partial charge >= 0.3 is 0 Å². The first-order chi connectivity index (χ1) is 28.4. The minimum Gasteiger partial charge on any atom is -0.468 e. The van der Waals surface area contributed by atoms with Gasteiger partial charge < -0.3 is 14.2 Å². The SMILES string of the molecule is Cc1cc2c3c(c1)N(c1ccc4c(c1)C(C)(C)CCC4(C)C)c1c(oc4cc(C(C)(C)C)ccc14)B3c1cc(C(C)(C)C)ccc1N2c1ccc2c(c1)C(C)(C)CCC2(C)C. The topological polar surface area (TPSA) is 19.6 Å². The number of aryl methyl sites for hydroxylation is 1. The Balaban J connectivity index is 1.31. The lowest BCUT2D eigenvalue weighted by Gasteiger charge is -2.45. The van der Waals surface area contributed by atoms with Crippen molar-refractivity contribution in [2.24, 2.45) is 0 Å². The van der Waals surface area contributed by atoms with Gasteiger partial charge in [-0.25, -0.2) is 0 Å². The van der Waals surface area contributed by atoms with Crippen molar-refractivity contribution < 1.29 is 4.42 Å². The van der Waals surface area contributed by atoms with E-state index in [4.69, 9.17) is 4.42 Å². The van der Waals surface area contributed by atoms with E-state index in [1.807, 2.05) is 0 Å². The van der Waals surface area contributed by atoms with Crippen molar-refractivity contribution in [3.8, 4) is 0 Å². The van der Waals surface area contributed by atoms with E-state index in [1.165, 1.54) is 115 Å². The van der Waals surface area contributed by atoms with Gasteiger partial charge in [0, 0.05) is 33.8 Å². The summed E-state index contributed by atoms with van der Waals surface area (Å²) in [6.45, 7) is 35.6. The van der Waals surface area contributed by atoms with E-state index in [0.29, 0.717) is 0 Å². The summed E-state index contributed by atoms with van der Waals surface area (Å²) < 4.78 is 7.43. The van der Waals surface area contributed by atoms with Gasteiger partial charge in [0.1, 0.15) is 5.58 Å². The summed E-state index contributed by atoms with van der Waals surface area (Å²) in [6, 6.07) is 34.0. The normalized spacial score (nSPS) is 19.2. The van der Waals surface area contributed by atoms with E-state index >= 15 is 0 Å². The van der Waals surface area contributed by atoms with Crippen LogP contribution < -0.4 is 26.4 Å². The number of nitrogens with zero attached hydrogens (tertiary/aromatic N) is 2. The Kier molecular flexibility index (Phi) is 8.41. The van der Waals surface area contributed by atoms with Gasteiger partial charge in [-0.1, -0.05) is 127 Å². The Morgan fingerprint density at radius 3 is 1.52 bits per heavy atom. The van der Waals surface area contributed by atoms with E-state index in [9.17, 15) is 0 Å². The zero-order valence-corrected chi connectivity index (χ0v) is 39.8. The zero-order chi connectivity index (χ0) is 43.6. The molecule has 3 nitrogen and oxygen atoms in total. The highest BCUT2D eigenvalue weighted by atomic mass is 16.3. The van der Waals surface area contributed by atoms with Crippen LogP contribution in [0.15, 0.2) is 89.3 Å². The van der Waals surface area contributed by atoms with Crippen LogP contribution in [0.2, 0.25) is 0 Å². The minimum absolute atomic E-state index is 0.0104. The number of rotatable bonds is 2. The lowest BCUT2D eigenvalue weighted by molar-refractivity contribution is 0.332. The lowest BCUT2D eigenvalue weighted by atomic mass is 9.35. The first-order valence-electron chi connectivity index (χ1n) is 23.1. The van der Waals surface area contributed by atoms with Crippen LogP contribution in [0.4, 0.5) is 34.1 Å². The smallest absolute Gasteiger partial charge is 0.297 e. The fourth-order valence-electron chi connectivity index (χ4n) is 11.5. The van der Waals surface area contributed by atoms with Crippen LogP contribution in [0.1, 0.15) is 162 Å². The molecule has 4 heteroatoms. The van der Waals surface area contributed by atoms with Gasteiger partial charge in [0.05, 0.1) is 11.3 Å². The van der Waals surface area contributed by atoms with Crippen LogP contribution in [0, 0.1) is 6.92 Å². The molecule has 4 aliphatic rings. The predicted octanol–water partition coefficient (Wildman–Crippen LogP) is 14.1. The number of hydrogen-bond acceptors (Lipinski definition) is 3. The average molecular weight is 807 g/mol. The molecule has 0 N–H and O–H groups in total. The van der Waals surface area contributed by atoms with Crippen LogP contribution in [0.25, 0.3) is 11.0 Å². The van der Waals surface area contributed by atoms with Crippen LogP contribution in [0.5, 0.6) is 0 Å². The molecule has 314 valence electrons. The highest BCUT2D eigenvalue weighted by molar-refractivity contribution is 7.00. The van der Waals surface area contributed by atoms with Crippen LogP contribution in [-0.4, -0.2) is 6.71 Å². The summed E-state index contributed by atoms with van der Waals surface area (Å²) in [5.74, 6) is 0. The Hall–Kier alpha value is -4.70. The number of benzene rings is 5. The monoisotopic (exact) mass is 807 g/mol. The molecule has 0 radical (unpaired) electrons. The van der Waals surface area contributed by atoms with Gasteiger partial charge in [0.2, 0.25) is 0 Å².